The molecule has 3 aromatic carbocycles. The first-order valence-electron chi connectivity index (χ1n) is 14.3. The number of nitrogens with zero attached hydrogens (tertiary/aromatic N) is 1. The van der Waals surface area contributed by atoms with Gasteiger partial charge in [0.1, 0.15) is 17.1 Å². The molecule has 2 aliphatic carbocycles. The molecule has 0 radical (unpaired) electrons. The van der Waals surface area contributed by atoms with Gasteiger partial charge in [-0.3, -0.25) is 0 Å². The van der Waals surface area contributed by atoms with Crippen LogP contribution in [0.1, 0.15) is 126 Å². The zero-order valence-electron chi connectivity index (χ0n) is 24.9. The number of ether oxygens (including phenoxy) is 1. The average Bonchev–Trinajstić information content (AvgIpc) is 3.17. The van der Waals surface area contributed by atoms with Gasteiger partial charge in [-0.05, 0) is 101 Å². The molecular weight excluding hydrogens is 478 g/mol. The van der Waals surface area contributed by atoms with E-state index in [-0.39, 0.29) is 33.2 Å². The van der Waals surface area contributed by atoms with E-state index in [9.17, 15) is 10.4 Å². The lowest BCUT2D eigenvalue weighted by molar-refractivity contribution is 0.0513. The largest absolute Gasteiger partial charge is 0.508 e. The molecular formula is C36H41NO2. The molecule has 1 spiro atoms. The fourth-order valence-electron chi connectivity index (χ4n) is 8.35. The molecule has 3 aromatic rings. The highest BCUT2D eigenvalue weighted by Crippen LogP contribution is 2.65. The molecule has 3 aliphatic rings. The van der Waals surface area contributed by atoms with Gasteiger partial charge in [-0.25, -0.2) is 0 Å². The van der Waals surface area contributed by atoms with Crippen LogP contribution in [-0.4, -0.2) is 5.11 Å². The van der Waals surface area contributed by atoms with Crippen LogP contribution in [-0.2, 0) is 21.8 Å². The molecule has 2 atom stereocenters. The number of benzene rings is 3. The second-order valence-electron chi connectivity index (χ2n) is 15.2. The summed E-state index contributed by atoms with van der Waals surface area (Å²) >= 11 is 0. The van der Waals surface area contributed by atoms with Gasteiger partial charge < -0.3 is 9.84 Å². The first kappa shape index (κ1) is 26.0. The van der Waals surface area contributed by atoms with E-state index in [1.165, 1.54) is 27.8 Å². The highest BCUT2D eigenvalue weighted by Gasteiger charge is 2.58. The van der Waals surface area contributed by atoms with Gasteiger partial charge in [-0.15, -0.1) is 0 Å². The summed E-state index contributed by atoms with van der Waals surface area (Å²) in [6.45, 7) is 20.4. The molecule has 0 saturated heterocycles. The Morgan fingerprint density at radius 2 is 1.36 bits per heavy atom. The van der Waals surface area contributed by atoms with Crippen molar-refractivity contribution in [2.75, 3.05) is 0 Å². The fourth-order valence-corrected chi connectivity index (χ4v) is 8.35. The molecule has 39 heavy (non-hydrogen) atoms. The number of nitriles is 1. The van der Waals surface area contributed by atoms with Gasteiger partial charge in [0.15, 0.2) is 0 Å². The minimum Gasteiger partial charge on any atom is -0.508 e. The van der Waals surface area contributed by atoms with Gasteiger partial charge in [0.25, 0.3) is 0 Å². The van der Waals surface area contributed by atoms with Crippen molar-refractivity contribution in [2.24, 2.45) is 5.41 Å². The van der Waals surface area contributed by atoms with Crippen LogP contribution in [0.15, 0.2) is 48.5 Å². The van der Waals surface area contributed by atoms with Gasteiger partial charge in [0.05, 0.1) is 11.6 Å². The van der Waals surface area contributed by atoms with E-state index in [1.807, 2.05) is 24.3 Å². The van der Waals surface area contributed by atoms with E-state index in [0.717, 1.165) is 29.7 Å². The van der Waals surface area contributed by atoms with Crippen molar-refractivity contribution in [1.29, 1.82) is 5.26 Å². The Bertz CT molecular complexity index is 1560. The Morgan fingerprint density at radius 3 is 1.90 bits per heavy atom. The zero-order chi connectivity index (χ0) is 28.3. The van der Waals surface area contributed by atoms with Crippen LogP contribution in [0.5, 0.6) is 11.5 Å². The summed E-state index contributed by atoms with van der Waals surface area (Å²) in [5.41, 5.74) is 8.91. The molecule has 0 saturated carbocycles. The van der Waals surface area contributed by atoms with Gasteiger partial charge in [0, 0.05) is 22.5 Å². The molecule has 1 aliphatic heterocycles. The van der Waals surface area contributed by atoms with E-state index in [4.69, 9.17) is 4.74 Å². The molecule has 1 N–H and O–H groups in total. The molecule has 0 amide bonds. The predicted octanol–water partition coefficient (Wildman–Crippen LogP) is 8.72. The predicted molar refractivity (Wildman–Crippen MR) is 157 cm³/mol. The molecule has 3 heteroatoms. The maximum Gasteiger partial charge on any atom is 0.132 e. The Kier molecular flexibility index (Phi) is 5.13. The van der Waals surface area contributed by atoms with Crippen molar-refractivity contribution in [3.05, 3.63) is 93.0 Å². The standard InChI is InChI=1S/C36H41NO2/c1-32(2,3)31(22-12-10-21(18-37)11-13-22)23-14-24-26(16-29(23)38)36(19-33(24,4)5)20-34(6,7)25-15-28-30(17-27(25)36)39-35(28,8)9/h10-17,31,38H,19-20H2,1-9H3. The lowest BCUT2D eigenvalue weighted by Crippen LogP contribution is -2.36. The van der Waals surface area contributed by atoms with E-state index < -0.39 is 0 Å². The van der Waals surface area contributed by atoms with Crippen molar-refractivity contribution in [3.8, 4) is 17.6 Å². The number of hydrogen-bond donors (Lipinski definition) is 1. The van der Waals surface area contributed by atoms with Crippen molar-refractivity contribution >= 4 is 0 Å². The SMILES string of the molecule is CC1(C)CC2(CC(C)(C)c3cc4c(cc32)OC4(C)C)c2cc(O)c(C(c3ccc(C#N)cc3)C(C)(C)C)cc21. The summed E-state index contributed by atoms with van der Waals surface area (Å²) in [5, 5.41) is 21.1. The Balaban J connectivity index is 1.55. The monoisotopic (exact) mass is 519 g/mol. The van der Waals surface area contributed by atoms with E-state index in [0.29, 0.717) is 11.3 Å². The normalized spacial score (nSPS) is 23.7. The van der Waals surface area contributed by atoms with E-state index >= 15 is 0 Å². The number of phenolic OH excluding ortho intramolecular Hbond substituents is 1. The van der Waals surface area contributed by atoms with Crippen molar-refractivity contribution < 1.29 is 9.84 Å². The molecule has 0 aromatic heterocycles. The first-order valence-corrected chi connectivity index (χ1v) is 14.3. The highest BCUT2D eigenvalue weighted by molar-refractivity contribution is 5.66. The molecule has 202 valence electrons. The van der Waals surface area contributed by atoms with Crippen molar-refractivity contribution in [2.45, 2.75) is 103 Å². The number of fused-ring (bicyclic) bond motifs is 5. The minimum atomic E-state index is -0.233. The molecule has 0 bridgehead atoms. The topological polar surface area (TPSA) is 53.2 Å². The Hall–Kier alpha value is -3.25. The second-order valence-corrected chi connectivity index (χ2v) is 15.2. The maximum absolute atomic E-state index is 11.8. The number of phenols is 1. The summed E-state index contributed by atoms with van der Waals surface area (Å²) in [4.78, 5) is 0. The summed E-state index contributed by atoms with van der Waals surface area (Å²) in [6, 6.07) is 19.2. The molecule has 0 fully saturated rings. The summed E-state index contributed by atoms with van der Waals surface area (Å²) < 4.78 is 6.22. The lowest BCUT2D eigenvalue weighted by Gasteiger charge is -2.40. The van der Waals surface area contributed by atoms with Crippen LogP contribution < -0.4 is 4.74 Å². The maximum atomic E-state index is 11.8. The van der Waals surface area contributed by atoms with Crippen LogP contribution in [0.3, 0.4) is 0 Å². The zero-order valence-corrected chi connectivity index (χ0v) is 24.9. The van der Waals surface area contributed by atoms with Gasteiger partial charge in [-0.1, -0.05) is 66.7 Å². The third-order valence-corrected chi connectivity index (χ3v) is 9.83. The van der Waals surface area contributed by atoms with Gasteiger partial charge in [-0.2, -0.15) is 5.26 Å². The molecule has 6 rings (SSSR count). The fraction of sp³-hybridized carbons (Fsp3) is 0.472. The summed E-state index contributed by atoms with van der Waals surface area (Å²) in [6.07, 6.45) is 2.03. The van der Waals surface area contributed by atoms with Crippen LogP contribution in [0.25, 0.3) is 0 Å². The van der Waals surface area contributed by atoms with Crippen LogP contribution in [0.4, 0.5) is 0 Å². The quantitative estimate of drug-likeness (QED) is 0.368. The average molecular weight is 520 g/mol. The third kappa shape index (κ3) is 3.60. The van der Waals surface area contributed by atoms with Gasteiger partial charge >= 0.3 is 0 Å². The lowest BCUT2D eigenvalue weighted by atomic mass is 9.70. The molecule has 2 unspecified atom stereocenters. The second kappa shape index (κ2) is 7.69. The van der Waals surface area contributed by atoms with Gasteiger partial charge in [0.2, 0.25) is 0 Å². The van der Waals surface area contributed by atoms with E-state index in [2.05, 4.69) is 92.6 Å². The summed E-state index contributed by atoms with van der Waals surface area (Å²) in [7, 11) is 0. The molecule has 1 heterocycles. The summed E-state index contributed by atoms with van der Waals surface area (Å²) in [5.74, 6) is 1.37. The first-order chi connectivity index (χ1) is 18.0. The van der Waals surface area contributed by atoms with Crippen molar-refractivity contribution in [1.82, 2.24) is 0 Å². The van der Waals surface area contributed by atoms with Crippen molar-refractivity contribution in [3.63, 3.8) is 0 Å². The number of rotatable bonds is 2. The number of hydrogen-bond acceptors (Lipinski definition) is 3. The third-order valence-electron chi connectivity index (χ3n) is 9.83. The Labute approximate surface area is 233 Å². The van der Waals surface area contributed by atoms with Crippen LogP contribution in [0, 0.1) is 16.7 Å². The van der Waals surface area contributed by atoms with E-state index in [1.54, 1.807) is 0 Å². The smallest absolute Gasteiger partial charge is 0.132 e. The minimum absolute atomic E-state index is 0.00872. The number of aromatic hydroxyl groups is 1. The molecule has 3 nitrogen and oxygen atoms in total. The highest BCUT2D eigenvalue weighted by atomic mass is 16.5. The van der Waals surface area contributed by atoms with Crippen LogP contribution in [0.2, 0.25) is 0 Å². The Morgan fingerprint density at radius 1 is 0.795 bits per heavy atom. The van der Waals surface area contributed by atoms with Crippen LogP contribution >= 0.6 is 0 Å².